The molecule has 0 heterocycles. The molecule has 0 aliphatic heterocycles. The maximum absolute atomic E-state index is 12.8. The van der Waals surface area contributed by atoms with E-state index in [0.717, 1.165) is 6.07 Å². The van der Waals surface area contributed by atoms with E-state index in [1.54, 1.807) is 6.92 Å². The Morgan fingerprint density at radius 3 is 2.56 bits per heavy atom. The maximum Gasteiger partial charge on any atom is 0.416 e. The van der Waals surface area contributed by atoms with Crippen molar-refractivity contribution >= 4 is 33.3 Å². The van der Waals surface area contributed by atoms with Crippen LogP contribution in [0.25, 0.3) is 0 Å². The zero-order valence-electron chi connectivity index (χ0n) is 9.52. The van der Waals surface area contributed by atoms with E-state index >= 15 is 0 Å². The lowest BCUT2D eigenvalue weighted by atomic mass is 10.0. The lowest BCUT2D eigenvalue weighted by Gasteiger charge is -2.15. The molecule has 0 aliphatic rings. The largest absolute Gasteiger partial charge is 0.416 e. The van der Waals surface area contributed by atoms with Crippen LogP contribution in [0.3, 0.4) is 0 Å². The second kappa shape index (κ2) is 6.06. The van der Waals surface area contributed by atoms with Crippen molar-refractivity contribution in [2.24, 2.45) is 0 Å². The van der Waals surface area contributed by atoms with Gasteiger partial charge in [0, 0.05) is 11.4 Å². The van der Waals surface area contributed by atoms with E-state index in [4.69, 9.17) is 11.6 Å². The number of alkyl halides is 4. The average Bonchev–Trinajstić information content (AvgIpc) is 2.28. The Hall–Kier alpha value is -0.550. The van der Waals surface area contributed by atoms with Gasteiger partial charge in [-0.05, 0) is 24.1 Å². The van der Waals surface area contributed by atoms with E-state index in [0.29, 0.717) is 0 Å². The number of rotatable bonds is 4. The van der Waals surface area contributed by atoms with Crippen LogP contribution in [0.4, 0.5) is 13.2 Å². The Labute approximate surface area is 116 Å². The standard InChI is InChI=1S/C12H11BrClF3O/c1-2-11(18)10(13)5-7-3-4-8(14)6-9(7)12(15,16)17/h3-4,6,10H,2,5H2,1H3/t10-/m1/s1. The Morgan fingerprint density at radius 1 is 1.44 bits per heavy atom. The minimum absolute atomic E-state index is 0.00130. The summed E-state index contributed by atoms with van der Waals surface area (Å²) in [6.07, 6.45) is -4.19. The molecule has 100 valence electrons. The smallest absolute Gasteiger partial charge is 0.298 e. The first-order valence-corrected chi connectivity index (χ1v) is 6.57. The molecule has 6 heteroatoms. The fraction of sp³-hybridized carbons (Fsp3) is 0.417. The van der Waals surface area contributed by atoms with E-state index < -0.39 is 16.6 Å². The van der Waals surface area contributed by atoms with Crippen molar-refractivity contribution < 1.29 is 18.0 Å². The molecule has 0 fully saturated rings. The van der Waals surface area contributed by atoms with Crippen LogP contribution in [-0.2, 0) is 17.4 Å². The van der Waals surface area contributed by atoms with Gasteiger partial charge < -0.3 is 0 Å². The summed E-state index contributed by atoms with van der Waals surface area (Å²) in [5.74, 6) is -0.127. The van der Waals surface area contributed by atoms with Gasteiger partial charge >= 0.3 is 6.18 Å². The third kappa shape index (κ3) is 3.99. The van der Waals surface area contributed by atoms with Crippen molar-refractivity contribution in [2.45, 2.75) is 30.8 Å². The molecule has 1 nitrogen and oxygen atoms in total. The SMILES string of the molecule is CCC(=O)[C@H](Br)Cc1ccc(Cl)cc1C(F)(F)F. The third-order valence-corrected chi connectivity index (χ3v) is 3.54. The molecule has 0 aromatic heterocycles. The minimum Gasteiger partial charge on any atom is -0.298 e. The van der Waals surface area contributed by atoms with Crippen LogP contribution in [0.2, 0.25) is 5.02 Å². The molecule has 1 atom stereocenters. The van der Waals surface area contributed by atoms with Gasteiger partial charge in [0.15, 0.2) is 0 Å². The highest BCUT2D eigenvalue weighted by Gasteiger charge is 2.34. The van der Waals surface area contributed by atoms with Gasteiger partial charge in [0.2, 0.25) is 0 Å². The maximum atomic E-state index is 12.8. The lowest BCUT2D eigenvalue weighted by Crippen LogP contribution is -2.18. The summed E-state index contributed by atoms with van der Waals surface area (Å²) < 4.78 is 38.4. The van der Waals surface area contributed by atoms with Crippen molar-refractivity contribution in [1.29, 1.82) is 0 Å². The summed E-state index contributed by atoms with van der Waals surface area (Å²) in [5.41, 5.74) is -0.723. The molecule has 0 aliphatic carbocycles. The van der Waals surface area contributed by atoms with Gasteiger partial charge in [0.05, 0.1) is 10.4 Å². The second-order valence-electron chi connectivity index (χ2n) is 3.79. The first-order valence-electron chi connectivity index (χ1n) is 5.28. The predicted octanol–water partition coefficient (Wildman–Crippen LogP) is 4.64. The summed E-state index contributed by atoms with van der Waals surface area (Å²) in [4.78, 5) is 10.8. The van der Waals surface area contributed by atoms with Gasteiger partial charge in [0.25, 0.3) is 0 Å². The van der Waals surface area contributed by atoms with Crippen LogP contribution in [0, 0.1) is 0 Å². The van der Waals surface area contributed by atoms with Crippen LogP contribution in [-0.4, -0.2) is 10.6 Å². The third-order valence-electron chi connectivity index (χ3n) is 2.47. The molecule has 18 heavy (non-hydrogen) atoms. The zero-order valence-corrected chi connectivity index (χ0v) is 11.9. The van der Waals surface area contributed by atoms with Gasteiger partial charge in [0.1, 0.15) is 5.78 Å². The van der Waals surface area contributed by atoms with E-state index in [1.807, 2.05) is 0 Å². The Morgan fingerprint density at radius 2 is 2.06 bits per heavy atom. The average molecular weight is 344 g/mol. The lowest BCUT2D eigenvalue weighted by molar-refractivity contribution is -0.138. The van der Waals surface area contributed by atoms with Crippen LogP contribution in [0.15, 0.2) is 18.2 Å². The summed E-state index contributed by atoms with van der Waals surface area (Å²) >= 11 is 8.68. The molecule has 0 saturated heterocycles. The molecular formula is C12H11BrClF3O. The number of hydrogen-bond acceptors (Lipinski definition) is 1. The number of ketones is 1. The van der Waals surface area contributed by atoms with Gasteiger partial charge in [-0.15, -0.1) is 0 Å². The Kier molecular flexibility index (Phi) is 5.22. The molecule has 0 amide bonds. The zero-order chi connectivity index (χ0) is 13.9. The number of carbonyl (C=O) groups excluding carboxylic acids is 1. The topological polar surface area (TPSA) is 17.1 Å². The monoisotopic (exact) mass is 342 g/mol. The molecule has 1 aromatic carbocycles. The number of Topliss-reactive ketones (excluding diaryl/α,β-unsaturated/α-hetero) is 1. The molecule has 1 aromatic rings. The van der Waals surface area contributed by atoms with Crippen LogP contribution in [0.1, 0.15) is 24.5 Å². The molecule has 1 rings (SSSR count). The van der Waals surface area contributed by atoms with Crippen molar-refractivity contribution in [3.63, 3.8) is 0 Å². The Balaban J connectivity index is 3.06. The first-order chi connectivity index (χ1) is 8.25. The molecule has 0 unspecified atom stereocenters. The van der Waals surface area contributed by atoms with Crippen LogP contribution >= 0.6 is 27.5 Å². The second-order valence-corrected chi connectivity index (χ2v) is 5.33. The van der Waals surface area contributed by atoms with E-state index in [-0.39, 0.29) is 29.2 Å². The highest BCUT2D eigenvalue weighted by Crippen LogP contribution is 2.34. The van der Waals surface area contributed by atoms with Crippen molar-refractivity contribution in [2.75, 3.05) is 0 Å². The minimum atomic E-state index is -4.47. The van der Waals surface area contributed by atoms with Crippen molar-refractivity contribution in [3.8, 4) is 0 Å². The fourth-order valence-corrected chi connectivity index (χ4v) is 2.36. The molecule has 0 bridgehead atoms. The summed E-state index contributed by atoms with van der Waals surface area (Å²) in [6.45, 7) is 1.67. The summed E-state index contributed by atoms with van der Waals surface area (Å²) in [7, 11) is 0. The van der Waals surface area contributed by atoms with Gasteiger partial charge in [-0.25, -0.2) is 0 Å². The molecule has 0 radical (unpaired) electrons. The molecule has 0 N–H and O–H groups in total. The van der Waals surface area contributed by atoms with Crippen LogP contribution in [0.5, 0.6) is 0 Å². The molecular weight excluding hydrogens is 332 g/mol. The number of hydrogen-bond donors (Lipinski definition) is 0. The van der Waals surface area contributed by atoms with Crippen molar-refractivity contribution in [1.82, 2.24) is 0 Å². The number of benzene rings is 1. The molecule has 0 spiro atoms. The highest BCUT2D eigenvalue weighted by atomic mass is 79.9. The number of carbonyl (C=O) groups is 1. The normalized spacial score (nSPS) is 13.4. The van der Waals surface area contributed by atoms with Crippen molar-refractivity contribution in [3.05, 3.63) is 34.3 Å². The first kappa shape index (κ1) is 15.5. The number of halogens is 5. The molecule has 0 saturated carbocycles. The summed E-state index contributed by atoms with van der Waals surface area (Å²) in [5, 5.41) is 0.0269. The summed E-state index contributed by atoms with van der Waals surface area (Å²) in [6, 6.07) is 3.58. The van der Waals surface area contributed by atoms with Gasteiger partial charge in [-0.3, -0.25) is 4.79 Å². The van der Waals surface area contributed by atoms with Gasteiger partial charge in [-0.1, -0.05) is 40.5 Å². The fourth-order valence-electron chi connectivity index (χ4n) is 1.52. The van der Waals surface area contributed by atoms with E-state index in [9.17, 15) is 18.0 Å². The quantitative estimate of drug-likeness (QED) is 0.728. The Bertz CT molecular complexity index is 445. The van der Waals surface area contributed by atoms with E-state index in [1.165, 1.54) is 12.1 Å². The van der Waals surface area contributed by atoms with Crippen LogP contribution < -0.4 is 0 Å². The van der Waals surface area contributed by atoms with Gasteiger partial charge in [-0.2, -0.15) is 13.2 Å². The van der Waals surface area contributed by atoms with E-state index in [2.05, 4.69) is 15.9 Å². The predicted molar refractivity (Wildman–Crippen MR) is 68.2 cm³/mol. The highest BCUT2D eigenvalue weighted by molar-refractivity contribution is 9.10.